The first-order chi connectivity index (χ1) is 8.61. The van der Waals surface area contributed by atoms with Crippen LogP contribution < -0.4 is 0 Å². The Morgan fingerprint density at radius 1 is 1.28 bits per heavy atom. The van der Waals surface area contributed by atoms with E-state index >= 15 is 0 Å². The van der Waals surface area contributed by atoms with Gasteiger partial charge in [0, 0.05) is 5.56 Å². The van der Waals surface area contributed by atoms with Gasteiger partial charge < -0.3 is 9.94 Å². The summed E-state index contributed by atoms with van der Waals surface area (Å²) in [5.41, 5.74) is 0.213. The monoisotopic (exact) mass is 247 g/mol. The van der Waals surface area contributed by atoms with Gasteiger partial charge in [0.1, 0.15) is 5.60 Å². The lowest BCUT2D eigenvalue weighted by molar-refractivity contribution is -0.129. The summed E-state index contributed by atoms with van der Waals surface area (Å²) >= 11 is 0. The molecule has 0 aromatic heterocycles. The number of hydrogen-bond acceptors (Lipinski definition) is 3. The second-order valence-corrected chi connectivity index (χ2v) is 4.86. The summed E-state index contributed by atoms with van der Waals surface area (Å²) < 4.78 is 0. The van der Waals surface area contributed by atoms with Crippen molar-refractivity contribution in [2.45, 2.75) is 38.2 Å². The van der Waals surface area contributed by atoms with E-state index in [0.29, 0.717) is 5.56 Å². The average molecular weight is 247 g/mol. The number of hydrogen-bond donors (Lipinski definition) is 1. The van der Waals surface area contributed by atoms with E-state index in [9.17, 15) is 9.90 Å². The lowest BCUT2D eigenvalue weighted by Gasteiger charge is -2.20. The molecule has 0 spiro atoms. The smallest absolute Gasteiger partial charge is 0.358 e. The Balaban J connectivity index is 2.18. The van der Waals surface area contributed by atoms with Crippen LogP contribution in [0, 0.1) is 0 Å². The quantitative estimate of drug-likeness (QED) is 0.657. The summed E-state index contributed by atoms with van der Waals surface area (Å²) in [4.78, 5) is 16.7. The number of carbonyl (C=O) groups is 1. The summed E-state index contributed by atoms with van der Waals surface area (Å²) in [6.07, 6.45) is 4.08. The van der Waals surface area contributed by atoms with Crippen LogP contribution in [-0.2, 0) is 9.63 Å². The van der Waals surface area contributed by atoms with Gasteiger partial charge in [-0.25, -0.2) is 4.79 Å². The third-order valence-electron chi connectivity index (χ3n) is 3.27. The van der Waals surface area contributed by atoms with Crippen LogP contribution in [0.5, 0.6) is 0 Å². The van der Waals surface area contributed by atoms with Gasteiger partial charge in [0.05, 0.1) is 0 Å². The molecule has 4 heteroatoms. The van der Waals surface area contributed by atoms with E-state index in [0.717, 1.165) is 25.7 Å². The van der Waals surface area contributed by atoms with E-state index in [-0.39, 0.29) is 11.3 Å². The molecule has 1 N–H and O–H groups in total. The van der Waals surface area contributed by atoms with Crippen molar-refractivity contribution >= 4 is 11.7 Å². The second kappa shape index (κ2) is 5.21. The maximum atomic E-state index is 11.2. The molecule has 0 radical (unpaired) electrons. The summed E-state index contributed by atoms with van der Waals surface area (Å²) in [5, 5.41) is 13.0. The van der Waals surface area contributed by atoms with Gasteiger partial charge in [-0.2, -0.15) is 0 Å². The normalized spacial score (nSPS) is 18.6. The number of benzene rings is 1. The van der Waals surface area contributed by atoms with E-state index in [1.807, 2.05) is 13.0 Å². The first-order valence-electron chi connectivity index (χ1n) is 6.16. The van der Waals surface area contributed by atoms with E-state index in [1.54, 1.807) is 24.3 Å². The Labute approximate surface area is 106 Å². The predicted octanol–water partition coefficient (Wildman–Crippen LogP) is 2.82. The van der Waals surface area contributed by atoms with Gasteiger partial charge in [0.2, 0.25) is 0 Å². The molecule has 0 bridgehead atoms. The fourth-order valence-corrected chi connectivity index (χ4v) is 2.18. The van der Waals surface area contributed by atoms with Gasteiger partial charge in [-0.15, -0.1) is 0 Å². The molecular weight excluding hydrogens is 230 g/mol. The van der Waals surface area contributed by atoms with Gasteiger partial charge in [-0.1, -0.05) is 35.5 Å². The Morgan fingerprint density at radius 2 is 1.89 bits per heavy atom. The molecule has 0 unspecified atom stereocenters. The summed E-state index contributed by atoms with van der Waals surface area (Å²) in [5.74, 6) is -1.07. The Bertz CT molecular complexity index is 447. The third kappa shape index (κ3) is 2.88. The van der Waals surface area contributed by atoms with Crippen molar-refractivity contribution in [1.29, 1.82) is 0 Å². The lowest BCUT2D eigenvalue weighted by Crippen LogP contribution is -2.24. The lowest BCUT2D eigenvalue weighted by atomic mass is 10.1. The van der Waals surface area contributed by atoms with Crippen LogP contribution in [0.4, 0.5) is 0 Å². The maximum absolute atomic E-state index is 11.2. The van der Waals surface area contributed by atoms with Gasteiger partial charge in [-0.3, -0.25) is 0 Å². The predicted molar refractivity (Wildman–Crippen MR) is 68.6 cm³/mol. The van der Waals surface area contributed by atoms with Crippen LogP contribution in [0.15, 0.2) is 35.5 Å². The highest BCUT2D eigenvalue weighted by molar-refractivity contribution is 6.42. The maximum Gasteiger partial charge on any atom is 0.358 e. The Hall–Kier alpha value is -1.84. The number of rotatable bonds is 4. The fourth-order valence-electron chi connectivity index (χ4n) is 2.18. The Morgan fingerprint density at radius 3 is 2.44 bits per heavy atom. The molecule has 0 saturated heterocycles. The number of carboxylic acids is 1. The zero-order chi connectivity index (χ0) is 13.0. The van der Waals surface area contributed by atoms with Gasteiger partial charge >= 0.3 is 5.97 Å². The SMILES string of the molecule is CC1(O/N=C(\C(=O)O)c2ccccc2)CCCC1. The highest BCUT2D eigenvalue weighted by Gasteiger charge is 2.31. The molecule has 1 fully saturated rings. The molecule has 1 aromatic carbocycles. The minimum atomic E-state index is -1.07. The number of aliphatic carboxylic acids is 1. The van der Waals surface area contributed by atoms with Crippen molar-refractivity contribution in [3.63, 3.8) is 0 Å². The van der Waals surface area contributed by atoms with Gasteiger partial charge in [0.25, 0.3) is 0 Å². The Kier molecular flexibility index (Phi) is 3.65. The van der Waals surface area contributed by atoms with Crippen LogP contribution in [0.1, 0.15) is 38.2 Å². The number of oxime groups is 1. The minimum Gasteiger partial charge on any atom is -0.476 e. The molecule has 1 saturated carbocycles. The van der Waals surface area contributed by atoms with Crippen molar-refractivity contribution in [1.82, 2.24) is 0 Å². The molecule has 1 aliphatic rings. The van der Waals surface area contributed by atoms with E-state index in [2.05, 4.69) is 5.16 Å². The number of nitrogens with zero attached hydrogens (tertiary/aromatic N) is 1. The van der Waals surface area contributed by atoms with Gasteiger partial charge in [0.15, 0.2) is 5.71 Å². The molecule has 0 aliphatic heterocycles. The summed E-state index contributed by atoms with van der Waals surface area (Å²) in [6.45, 7) is 1.98. The van der Waals surface area contributed by atoms with Crippen LogP contribution in [0.25, 0.3) is 0 Å². The zero-order valence-electron chi connectivity index (χ0n) is 10.4. The third-order valence-corrected chi connectivity index (χ3v) is 3.27. The van der Waals surface area contributed by atoms with Crippen LogP contribution in [0.3, 0.4) is 0 Å². The molecule has 4 nitrogen and oxygen atoms in total. The molecule has 0 heterocycles. The van der Waals surface area contributed by atoms with E-state index in [4.69, 9.17) is 4.84 Å². The largest absolute Gasteiger partial charge is 0.476 e. The highest BCUT2D eigenvalue weighted by atomic mass is 16.7. The molecule has 0 amide bonds. The summed E-state index contributed by atoms with van der Waals surface area (Å²) in [6, 6.07) is 8.83. The topological polar surface area (TPSA) is 58.9 Å². The summed E-state index contributed by atoms with van der Waals surface area (Å²) in [7, 11) is 0. The first kappa shape index (κ1) is 12.6. The molecular formula is C14H17NO3. The molecule has 1 aromatic rings. The van der Waals surface area contributed by atoms with Crippen molar-refractivity contribution in [2.24, 2.45) is 5.16 Å². The zero-order valence-corrected chi connectivity index (χ0v) is 10.4. The van der Waals surface area contributed by atoms with E-state index in [1.165, 1.54) is 0 Å². The van der Waals surface area contributed by atoms with Crippen LogP contribution >= 0.6 is 0 Å². The van der Waals surface area contributed by atoms with E-state index < -0.39 is 5.97 Å². The molecule has 96 valence electrons. The molecule has 18 heavy (non-hydrogen) atoms. The van der Waals surface area contributed by atoms with Crippen molar-refractivity contribution in [3.05, 3.63) is 35.9 Å². The van der Waals surface area contributed by atoms with Crippen molar-refractivity contribution in [3.8, 4) is 0 Å². The second-order valence-electron chi connectivity index (χ2n) is 4.86. The standard InChI is InChI=1S/C14H17NO3/c1-14(9-5-6-10-14)18-15-12(13(16)17)11-7-3-2-4-8-11/h2-4,7-8H,5-6,9-10H2,1H3,(H,16,17)/b15-12-. The van der Waals surface area contributed by atoms with Crippen molar-refractivity contribution < 1.29 is 14.7 Å². The highest BCUT2D eigenvalue weighted by Crippen LogP contribution is 2.32. The molecule has 1 aliphatic carbocycles. The fraction of sp³-hybridized carbons (Fsp3) is 0.429. The molecule has 2 rings (SSSR count). The molecule has 0 atom stereocenters. The van der Waals surface area contributed by atoms with Crippen molar-refractivity contribution in [2.75, 3.05) is 0 Å². The average Bonchev–Trinajstić information content (AvgIpc) is 2.78. The number of carboxylic acid groups (broad SMARTS) is 1. The van der Waals surface area contributed by atoms with Crippen LogP contribution in [-0.4, -0.2) is 22.4 Å². The van der Waals surface area contributed by atoms with Crippen LogP contribution in [0.2, 0.25) is 0 Å². The minimum absolute atomic E-state index is 0.0382. The van der Waals surface area contributed by atoms with Gasteiger partial charge in [-0.05, 0) is 32.6 Å². The first-order valence-corrected chi connectivity index (χ1v) is 6.16.